The van der Waals surface area contributed by atoms with Crippen molar-refractivity contribution < 1.29 is 19.1 Å². The molecule has 1 fully saturated rings. The van der Waals surface area contributed by atoms with E-state index in [0.29, 0.717) is 16.9 Å². The van der Waals surface area contributed by atoms with Gasteiger partial charge in [-0.2, -0.15) is 0 Å². The van der Waals surface area contributed by atoms with Crippen LogP contribution >= 0.6 is 0 Å². The maximum absolute atomic E-state index is 12.8. The first-order valence-corrected chi connectivity index (χ1v) is 8.08. The van der Waals surface area contributed by atoms with E-state index in [0.717, 1.165) is 5.56 Å². The van der Waals surface area contributed by atoms with E-state index in [9.17, 15) is 14.4 Å². The second kappa shape index (κ2) is 6.89. The largest absolute Gasteiger partial charge is 0.497 e. The number of nitrogens with zero attached hydrogens (tertiary/aromatic N) is 1. The number of ketones is 1. The van der Waals surface area contributed by atoms with Gasteiger partial charge in [0.05, 0.1) is 19.6 Å². The second-order valence-electron chi connectivity index (χ2n) is 6.07. The lowest BCUT2D eigenvalue weighted by Gasteiger charge is -2.17. The van der Waals surface area contributed by atoms with Crippen molar-refractivity contribution in [2.45, 2.75) is 25.8 Å². The summed E-state index contributed by atoms with van der Waals surface area (Å²) in [4.78, 5) is 38.4. The molecule has 0 saturated carbocycles. The van der Waals surface area contributed by atoms with E-state index < -0.39 is 5.92 Å². The predicted molar refractivity (Wildman–Crippen MR) is 92.4 cm³/mol. The fraction of sp³-hybridized carbons (Fsp3) is 0.250. The number of benzene rings is 2. The summed E-state index contributed by atoms with van der Waals surface area (Å²) in [6.45, 7) is 1.70. The molecule has 0 aromatic heterocycles. The van der Waals surface area contributed by atoms with Crippen LogP contribution < -0.4 is 4.74 Å². The van der Waals surface area contributed by atoms with Gasteiger partial charge < -0.3 is 4.74 Å². The average Bonchev–Trinajstić information content (AvgIpc) is 2.90. The van der Waals surface area contributed by atoms with Crippen LogP contribution in [0, 0.1) is 0 Å². The van der Waals surface area contributed by atoms with E-state index in [4.69, 9.17) is 4.74 Å². The number of likely N-dealkylation sites (tertiary alicyclic amines) is 1. The molecule has 0 spiro atoms. The average molecular weight is 337 g/mol. The topological polar surface area (TPSA) is 63.7 Å². The SMILES string of the molecule is COc1ccc(C(C)=O)c(C2CC(=O)N(Cc3ccccc3)C2=O)c1. The van der Waals surface area contributed by atoms with Crippen molar-refractivity contribution in [2.75, 3.05) is 7.11 Å². The van der Waals surface area contributed by atoms with Crippen LogP contribution in [0.15, 0.2) is 48.5 Å². The number of Topliss-reactive ketones (excluding diaryl/α,β-unsaturated/α-hetero) is 1. The van der Waals surface area contributed by atoms with Crippen molar-refractivity contribution in [3.05, 3.63) is 65.2 Å². The fourth-order valence-corrected chi connectivity index (χ4v) is 3.13. The van der Waals surface area contributed by atoms with Crippen LogP contribution in [0.5, 0.6) is 5.75 Å². The number of hydrogen-bond donors (Lipinski definition) is 0. The minimum Gasteiger partial charge on any atom is -0.497 e. The van der Waals surface area contributed by atoms with Gasteiger partial charge in [0.25, 0.3) is 0 Å². The molecule has 1 aliphatic rings. The Kier molecular flexibility index (Phi) is 4.65. The highest BCUT2D eigenvalue weighted by Gasteiger charge is 2.40. The van der Waals surface area contributed by atoms with E-state index in [1.54, 1.807) is 18.2 Å². The molecule has 1 saturated heterocycles. The molecule has 128 valence electrons. The van der Waals surface area contributed by atoms with Gasteiger partial charge in [-0.05, 0) is 36.2 Å². The molecule has 3 rings (SSSR count). The molecule has 5 nitrogen and oxygen atoms in total. The Morgan fingerprint density at radius 1 is 1.16 bits per heavy atom. The van der Waals surface area contributed by atoms with Gasteiger partial charge in [-0.3, -0.25) is 19.3 Å². The molecule has 1 unspecified atom stereocenters. The summed E-state index contributed by atoms with van der Waals surface area (Å²) in [5, 5.41) is 0. The highest BCUT2D eigenvalue weighted by Crippen LogP contribution is 2.34. The van der Waals surface area contributed by atoms with Crippen LogP contribution in [0.3, 0.4) is 0 Å². The molecule has 0 N–H and O–H groups in total. The van der Waals surface area contributed by atoms with Gasteiger partial charge in [-0.15, -0.1) is 0 Å². The van der Waals surface area contributed by atoms with E-state index in [2.05, 4.69) is 0 Å². The summed E-state index contributed by atoms with van der Waals surface area (Å²) in [5.41, 5.74) is 1.90. The number of carbonyl (C=O) groups excluding carboxylic acids is 3. The third kappa shape index (κ3) is 3.31. The van der Waals surface area contributed by atoms with Gasteiger partial charge in [-0.1, -0.05) is 30.3 Å². The molecular weight excluding hydrogens is 318 g/mol. The summed E-state index contributed by atoms with van der Waals surface area (Å²) < 4.78 is 5.21. The van der Waals surface area contributed by atoms with Gasteiger partial charge >= 0.3 is 0 Å². The molecule has 2 aromatic rings. The van der Waals surface area contributed by atoms with Crippen LogP contribution in [0.1, 0.15) is 40.7 Å². The van der Waals surface area contributed by atoms with Crippen molar-refractivity contribution in [2.24, 2.45) is 0 Å². The molecule has 1 atom stereocenters. The first kappa shape index (κ1) is 16.9. The monoisotopic (exact) mass is 337 g/mol. The Balaban J connectivity index is 1.93. The lowest BCUT2D eigenvalue weighted by atomic mass is 9.91. The number of carbonyl (C=O) groups is 3. The predicted octanol–water partition coefficient (Wildman–Crippen LogP) is 2.94. The first-order valence-electron chi connectivity index (χ1n) is 8.08. The van der Waals surface area contributed by atoms with E-state index >= 15 is 0 Å². The van der Waals surface area contributed by atoms with Crippen molar-refractivity contribution in [3.63, 3.8) is 0 Å². The third-order valence-corrected chi connectivity index (χ3v) is 4.44. The molecule has 0 aliphatic carbocycles. The summed E-state index contributed by atoms with van der Waals surface area (Å²) in [7, 11) is 1.52. The highest BCUT2D eigenvalue weighted by molar-refractivity contribution is 6.08. The zero-order valence-corrected chi connectivity index (χ0v) is 14.2. The van der Waals surface area contributed by atoms with Crippen molar-refractivity contribution in [1.82, 2.24) is 4.90 Å². The van der Waals surface area contributed by atoms with Crippen LogP contribution in [-0.2, 0) is 16.1 Å². The Hall–Kier alpha value is -2.95. The van der Waals surface area contributed by atoms with Gasteiger partial charge in [0.2, 0.25) is 11.8 Å². The zero-order chi connectivity index (χ0) is 18.0. The van der Waals surface area contributed by atoms with Crippen LogP contribution in [0.2, 0.25) is 0 Å². The molecule has 0 bridgehead atoms. The molecule has 25 heavy (non-hydrogen) atoms. The van der Waals surface area contributed by atoms with Gasteiger partial charge in [0.1, 0.15) is 5.75 Å². The van der Waals surface area contributed by atoms with E-state index in [1.807, 2.05) is 30.3 Å². The molecule has 1 aliphatic heterocycles. The summed E-state index contributed by atoms with van der Waals surface area (Å²) >= 11 is 0. The summed E-state index contributed by atoms with van der Waals surface area (Å²) in [6.07, 6.45) is 0.0686. The van der Waals surface area contributed by atoms with Crippen LogP contribution in [0.25, 0.3) is 0 Å². The van der Waals surface area contributed by atoms with Gasteiger partial charge in [0, 0.05) is 12.0 Å². The van der Waals surface area contributed by atoms with Gasteiger partial charge in [0.15, 0.2) is 5.78 Å². The minimum absolute atomic E-state index is 0.0686. The maximum Gasteiger partial charge on any atom is 0.237 e. The number of rotatable bonds is 5. The number of methoxy groups -OCH3 is 1. The number of imide groups is 1. The lowest BCUT2D eigenvalue weighted by Crippen LogP contribution is -2.29. The quantitative estimate of drug-likeness (QED) is 0.622. The Morgan fingerprint density at radius 3 is 2.52 bits per heavy atom. The van der Waals surface area contributed by atoms with Crippen molar-refractivity contribution in [1.29, 1.82) is 0 Å². The third-order valence-electron chi connectivity index (χ3n) is 4.44. The second-order valence-corrected chi connectivity index (χ2v) is 6.07. The molecule has 1 heterocycles. The summed E-state index contributed by atoms with van der Waals surface area (Å²) in [5.74, 6) is -0.729. The fourth-order valence-electron chi connectivity index (χ4n) is 3.13. The van der Waals surface area contributed by atoms with Crippen LogP contribution in [0.4, 0.5) is 0 Å². The Bertz CT molecular complexity index is 829. The number of hydrogen-bond acceptors (Lipinski definition) is 4. The standard InChI is InChI=1S/C20H19NO4/c1-13(22)16-9-8-15(25-2)10-17(16)18-11-19(23)21(20(18)24)12-14-6-4-3-5-7-14/h3-10,18H,11-12H2,1-2H3. The molecule has 2 aromatic carbocycles. The lowest BCUT2D eigenvalue weighted by molar-refractivity contribution is -0.139. The summed E-state index contributed by atoms with van der Waals surface area (Å²) in [6, 6.07) is 14.4. The Labute approximate surface area is 146 Å². The normalized spacial score (nSPS) is 17.0. The zero-order valence-electron chi connectivity index (χ0n) is 14.2. The maximum atomic E-state index is 12.8. The van der Waals surface area contributed by atoms with Crippen molar-refractivity contribution in [3.8, 4) is 5.75 Å². The number of ether oxygens (including phenoxy) is 1. The molecule has 2 amide bonds. The molecular formula is C20H19NO4. The van der Waals surface area contributed by atoms with Crippen LogP contribution in [-0.4, -0.2) is 29.6 Å². The minimum atomic E-state index is -0.648. The van der Waals surface area contributed by atoms with Crippen molar-refractivity contribution >= 4 is 17.6 Å². The first-order chi connectivity index (χ1) is 12.0. The smallest absolute Gasteiger partial charge is 0.237 e. The Morgan fingerprint density at radius 2 is 1.88 bits per heavy atom. The highest BCUT2D eigenvalue weighted by atomic mass is 16.5. The van der Waals surface area contributed by atoms with E-state index in [1.165, 1.54) is 18.9 Å². The van der Waals surface area contributed by atoms with E-state index in [-0.39, 0.29) is 30.6 Å². The molecule has 0 radical (unpaired) electrons. The molecule has 5 heteroatoms. The van der Waals surface area contributed by atoms with Gasteiger partial charge in [-0.25, -0.2) is 0 Å². The number of amides is 2.